The minimum absolute atomic E-state index is 0.0388. The second-order valence-electron chi connectivity index (χ2n) is 5.58. The zero-order chi connectivity index (χ0) is 16.8. The summed E-state index contributed by atoms with van der Waals surface area (Å²) in [6.07, 6.45) is 0.134. The highest BCUT2D eigenvalue weighted by Crippen LogP contribution is 2.16. The maximum atomic E-state index is 12.5. The van der Waals surface area contributed by atoms with E-state index in [0.29, 0.717) is 37.5 Å². The van der Waals surface area contributed by atoms with Crippen molar-refractivity contribution in [3.63, 3.8) is 0 Å². The van der Waals surface area contributed by atoms with E-state index in [1.54, 1.807) is 47.9 Å². The molecule has 0 radical (unpaired) electrons. The van der Waals surface area contributed by atoms with E-state index in [-0.39, 0.29) is 11.8 Å². The quantitative estimate of drug-likeness (QED) is 0.845. The molecule has 6 nitrogen and oxygen atoms in total. The Morgan fingerprint density at radius 1 is 1.22 bits per heavy atom. The second-order valence-corrected chi connectivity index (χ2v) is 5.58. The van der Waals surface area contributed by atoms with Crippen LogP contribution < -0.4 is 4.74 Å². The van der Waals surface area contributed by atoms with Crippen molar-refractivity contribution < 1.29 is 14.3 Å². The van der Waals surface area contributed by atoms with E-state index in [0.717, 1.165) is 6.42 Å². The largest absolute Gasteiger partial charge is 0.481 e. The summed E-state index contributed by atoms with van der Waals surface area (Å²) in [5, 5.41) is 8.90. The summed E-state index contributed by atoms with van der Waals surface area (Å²) in [7, 11) is 0. The lowest BCUT2D eigenvalue weighted by atomic mass is 10.2. The number of carbonyl (C=O) groups excluding carboxylic acids is 2. The van der Waals surface area contributed by atoms with Gasteiger partial charge in [-0.05, 0) is 31.5 Å². The van der Waals surface area contributed by atoms with Gasteiger partial charge in [-0.25, -0.2) is 0 Å². The Kier molecular flexibility index (Phi) is 5.58. The Balaban J connectivity index is 1.96. The Labute approximate surface area is 136 Å². The van der Waals surface area contributed by atoms with E-state index in [2.05, 4.69) is 0 Å². The van der Waals surface area contributed by atoms with Crippen LogP contribution in [-0.4, -0.2) is 53.9 Å². The highest BCUT2D eigenvalue weighted by molar-refractivity contribution is 5.81. The summed E-state index contributed by atoms with van der Waals surface area (Å²) >= 11 is 0. The molecule has 1 atom stereocenters. The van der Waals surface area contributed by atoms with Gasteiger partial charge >= 0.3 is 0 Å². The van der Waals surface area contributed by atoms with Crippen molar-refractivity contribution in [2.24, 2.45) is 0 Å². The van der Waals surface area contributed by atoms with Crippen LogP contribution in [0.25, 0.3) is 0 Å². The van der Waals surface area contributed by atoms with E-state index in [9.17, 15) is 9.59 Å². The van der Waals surface area contributed by atoms with Crippen molar-refractivity contribution in [1.29, 1.82) is 5.26 Å². The highest BCUT2D eigenvalue weighted by Gasteiger charge is 2.25. The van der Waals surface area contributed by atoms with E-state index in [4.69, 9.17) is 10.00 Å². The van der Waals surface area contributed by atoms with Gasteiger partial charge in [-0.15, -0.1) is 0 Å². The summed E-state index contributed by atoms with van der Waals surface area (Å²) in [6, 6.07) is 8.79. The van der Waals surface area contributed by atoms with Gasteiger partial charge < -0.3 is 14.5 Å². The van der Waals surface area contributed by atoms with Gasteiger partial charge in [-0.1, -0.05) is 6.07 Å². The van der Waals surface area contributed by atoms with Gasteiger partial charge in [0.05, 0.1) is 11.6 Å². The van der Waals surface area contributed by atoms with Crippen molar-refractivity contribution in [3.05, 3.63) is 29.8 Å². The number of amides is 2. The predicted octanol–water partition coefficient (Wildman–Crippen LogP) is 1.41. The lowest BCUT2D eigenvalue weighted by molar-refractivity contribution is -0.138. The van der Waals surface area contributed by atoms with Crippen LogP contribution in [0.1, 0.15) is 25.8 Å². The fourth-order valence-electron chi connectivity index (χ4n) is 2.60. The maximum Gasteiger partial charge on any atom is 0.263 e. The Morgan fingerprint density at radius 3 is 2.61 bits per heavy atom. The first-order valence-corrected chi connectivity index (χ1v) is 7.72. The molecule has 1 aliphatic heterocycles. The third-order valence-corrected chi connectivity index (χ3v) is 3.88. The van der Waals surface area contributed by atoms with Crippen LogP contribution in [0.2, 0.25) is 0 Å². The molecule has 0 N–H and O–H groups in total. The number of benzene rings is 1. The summed E-state index contributed by atoms with van der Waals surface area (Å²) in [5.74, 6) is 0.444. The average molecular weight is 315 g/mol. The number of nitrogens with zero attached hydrogens (tertiary/aromatic N) is 3. The molecular weight excluding hydrogens is 294 g/mol. The van der Waals surface area contributed by atoms with Crippen molar-refractivity contribution in [2.45, 2.75) is 26.4 Å². The zero-order valence-corrected chi connectivity index (χ0v) is 13.5. The van der Waals surface area contributed by atoms with E-state index < -0.39 is 6.10 Å². The Hall–Kier alpha value is -2.55. The number of ether oxygens (including phenoxy) is 1. The molecule has 0 aromatic heterocycles. The van der Waals surface area contributed by atoms with E-state index in [1.165, 1.54) is 0 Å². The number of hydrogen-bond donors (Lipinski definition) is 0. The lowest BCUT2D eigenvalue weighted by Crippen LogP contribution is -2.42. The van der Waals surface area contributed by atoms with Crippen molar-refractivity contribution in [3.8, 4) is 11.8 Å². The number of carbonyl (C=O) groups is 2. The standard InChI is InChI=1S/C17H21N3O3/c1-13(23-16-6-3-5-15(11-16)12-18)17(22)20-8-4-7-19(9-10-20)14(2)21/h3,5-6,11,13H,4,7-10H2,1-2H3/t13-/m0/s1. The maximum absolute atomic E-state index is 12.5. The van der Waals surface area contributed by atoms with Crippen LogP contribution in [0.4, 0.5) is 0 Å². The smallest absolute Gasteiger partial charge is 0.263 e. The molecule has 0 unspecified atom stereocenters. The molecule has 23 heavy (non-hydrogen) atoms. The first-order chi connectivity index (χ1) is 11.0. The Bertz CT molecular complexity index is 624. The highest BCUT2D eigenvalue weighted by atomic mass is 16.5. The third-order valence-electron chi connectivity index (χ3n) is 3.88. The van der Waals surface area contributed by atoms with Gasteiger partial charge in [-0.3, -0.25) is 9.59 Å². The van der Waals surface area contributed by atoms with Crippen LogP contribution in [-0.2, 0) is 9.59 Å². The SMILES string of the molecule is CC(=O)N1CCCN(C(=O)[C@H](C)Oc2cccc(C#N)c2)CC1. The summed E-state index contributed by atoms with van der Waals surface area (Å²) in [4.78, 5) is 27.5. The fraction of sp³-hybridized carbons (Fsp3) is 0.471. The van der Waals surface area contributed by atoms with Gasteiger partial charge in [0.2, 0.25) is 5.91 Å². The molecular formula is C17H21N3O3. The molecule has 1 fully saturated rings. The van der Waals surface area contributed by atoms with Crippen molar-refractivity contribution in [2.75, 3.05) is 26.2 Å². The summed E-state index contributed by atoms with van der Waals surface area (Å²) < 4.78 is 5.66. The van der Waals surface area contributed by atoms with Gasteiger partial charge in [0.15, 0.2) is 6.10 Å². The first-order valence-electron chi connectivity index (χ1n) is 7.72. The minimum atomic E-state index is -0.632. The molecule has 6 heteroatoms. The van der Waals surface area contributed by atoms with Crippen LogP contribution in [0.5, 0.6) is 5.75 Å². The summed E-state index contributed by atoms with van der Waals surface area (Å²) in [6.45, 7) is 5.62. The van der Waals surface area contributed by atoms with Crippen LogP contribution >= 0.6 is 0 Å². The number of rotatable bonds is 3. The summed E-state index contributed by atoms with van der Waals surface area (Å²) in [5.41, 5.74) is 0.494. The van der Waals surface area contributed by atoms with Crippen LogP contribution in [0, 0.1) is 11.3 Å². The second kappa shape index (κ2) is 7.63. The molecule has 0 aliphatic carbocycles. The lowest BCUT2D eigenvalue weighted by Gasteiger charge is -2.25. The molecule has 2 rings (SSSR count). The van der Waals surface area contributed by atoms with Gasteiger partial charge in [0.25, 0.3) is 5.91 Å². The molecule has 1 aromatic carbocycles. The monoisotopic (exact) mass is 315 g/mol. The van der Waals surface area contributed by atoms with Gasteiger partial charge in [0, 0.05) is 33.1 Å². The van der Waals surface area contributed by atoms with E-state index in [1.807, 2.05) is 6.07 Å². The number of hydrogen-bond acceptors (Lipinski definition) is 4. The van der Waals surface area contributed by atoms with Crippen molar-refractivity contribution >= 4 is 11.8 Å². The van der Waals surface area contributed by atoms with Crippen LogP contribution in [0.15, 0.2) is 24.3 Å². The van der Waals surface area contributed by atoms with E-state index >= 15 is 0 Å². The van der Waals surface area contributed by atoms with Gasteiger partial charge in [0.1, 0.15) is 5.75 Å². The molecule has 0 saturated carbocycles. The average Bonchev–Trinajstić information content (AvgIpc) is 2.80. The minimum Gasteiger partial charge on any atom is -0.481 e. The van der Waals surface area contributed by atoms with Crippen LogP contribution in [0.3, 0.4) is 0 Å². The molecule has 1 aromatic rings. The van der Waals surface area contributed by atoms with Crippen molar-refractivity contribution in [1.82, 2.24) is 9.80 Å². The molecule has 0 bridgehead atoms. The fourth-order valence-corrected chi connectivity index (χ4v) is 2.60. The topological polar surface area (TPSA) is 73.6 Å². The third kappa shape index (κ3) is 4.46. The predicted molar refractivity (Wildman–Crippen MR) is 84.7 cm³/mol. The first kappa shape index (κ1) is 16.8. The zero-order valence-electron chi connectivity index (χ0n) is 13.5. The Morgan fingerprint density at radius 2 is 1.91 bits per heavy atom. The molecule has 122 valence electrons. The molecule has 2 amide bonds. The normalized spacial score (nSPS) is 16.2. The molecule has 1 aliphatic rings. The molecule has 1 heterocycles. The number of nitriles is 1. The van der Waals surface area contributed by atoms with Gasteiger partial charge in [-0.2, -0.15) is 5.26 Å². The molecule has 1 saturated heterocycles. The molecule has 0 spiro atoms.